The van der Waals surface area contributed by atoms with Crippen molar-refractivity contribution in [2.75, 3.05) is 6.54 Å². The number of hydrogen-bond acceptors (Lipinski definition) is 2. The van der Waals surface area contributed by atoms with Gasteiger partial charge in [-0.15, -0.1) is 0 Å². The van der Waals surface area contributed by atoms with Crippen molar-refractivity contribution in [3.63, 3.8) is 0 Å². The van der Waals surface area contributed by atoms with Crippen LogP contribution in [0.3, 0.4) is 0 Å². The molecule has 1 aromatic carbocycles. The summed E-state index contributed by atoms with van der Waals surface area (Å²) in [4.78, 5) is 12.4. The Morgan fingerprint density at radius 1 is 1.35 bits per heavy atom. The van der Waals surface area contributed by atoms with Crippen LogP contribution in [-0.2, 0) is 4.79 Å². The van der Waals surface area contributed by atoms with Gasteiger partial charge in [0, 0.05) is 6.54 Å². The molecule has 0 heterocycles. The minimum absolute atomic E-state index is 0.0178. The first-order valence-corrected chi connectivity index (χ1v) is 7.05. The van der Waals surface area contributed by atoms with Gasteiger partial charge in [-0.25, -0.2) is 4.39 Å². The first-order valence-electron chi connectivity index (χ1n) is 7.05. The molecule has 1 fully saturated rings. The molecule has 0 aliphatic heterocycles. The molecule has 1 saturated carbocycles. The van der Waals surface area contributed by atoms with Crippen LogP contribution in [0.1, 0.15) is 45.2 Å². The molecule has 3 N–H and O–H groups in total. The Kier molecular flexibility index (Phi) is 3.87. The van der Waals surface area contributed by atoms with Crippen LogP contribution in [0.15, 0.2) is 24.3 Å². The third-order valence-electron chi connectivity index (χ3n) is 4.07. The number of rotatable bonds is 4. The van der Waals surface area contributed by atoms with Gasteiger partial charge in [0.1, 0.15) is 5.82 Å². The molecule has 0 radical (unpaired) electrons. The molecule has 1 aliphatic carbocycles. The van der Waals surface area contributed by atoms with Gasteiger partial charge >= 0.3 is 0 Å². The third kappa shape index (κ3) is 3.01. The van der Waals surface area contributed by atoms with Gasteiger partial charge in [-0.1, -0.05) is 32.9 Å². The molecule has 1 unspecified atom stereocenters. The zero-order chi connectivity index (χ0) is 15.0. The number of carbonyl (C=O) groups excluding carboxylic acids is 1. The number of benzene rings is 1. The van der Waals surface area contributed by atoms with E-state index in [1.165, 1.54) is 12.1 Å². The van der Waals surface area contributed by atoms with Crippen molar-refractivity contribution in [2.24, 2.45) is 16.6 Å². The monoisotopic (exact) mass is 278 g/mol. The molecular weight excluding hydrogens is 255 g/mol. The molecule has 1 aliphatic rings. The first-order chi connectivity index (χ1) is 9.28. The summed E-state index contributed by atoms with van der Waals surface area (Å²) in [6, 6.07) is 6.16. The van der Waals surface area contributed by atoms with Gasteiger partial charge in [0.05, 0.1) is 11.5 Å². The average molecular weight is 278 g/mol. The van der Waals surface area contributed by atoms with Crippen LogP contribution in [0.5, 0.6) is 0 Å². The summed E-state index contributed by atoms with van der Waals surface area (Å²) in [6.07, 6.45) is 1.71. The van der Waals surface area contributed by atoms with E-state index in [1.807, 2.05) is 0 Å². The van der Waals surface area contributed by atoms with Crippen LogP contribution in [0.2, 0.25) is 0 Å². The second-order valence-corrected chi connectivity index (χ2v) is 6.81. The standard InChI is InChI=1S/C16H23FN2O/c1-15(2,3)13(11-4-6-12(17)7-5-11)19-14(20)16(10-18)8-9-16/h4-7,13H,8-10,18H2,1-3H3,(H,19,20). The summed E-state index contributed by atoms with van der Waals surface area (Å²) in [6.45, 7) is 6.56. The Morgan fingerprint density at radius 2 is 1.90 bits per heavy atom. The first kappa shape index (κ1) is 15.0. The lowest BCUT2D eigenvalue weighted by Gasteiger charge is -2.33. The SMILES string of the molecule is CC(C)(C)C(NC(=O)C1(CN)CC1)c1ccc(F)cc1. The molecule has 0 saturated heterocycles. The van der Waals surface area contributed by atoms with Crippen molar-refractivity contribution in [1.82, 2.24) is 5.32 Å². The van der Waals surface area contributed by atoms with E-state index >= 15 is 0 Å². The van der Waals surface area contributed by atoms with Gasteiger partial charge in [-0.3, -0.25) is 4.79 Å². The Labute approximate surface area is 119 Å². The van der Waals surface area contributed by atoms with E-state index in [0.717, 1.165) is 18.4 Å². The fourth-order valence-electron chi connectivity index (χ4n) is 2.41. The minimum atomic E-state index is -0.371. The summed E-state index contributed by atoms with van der Waals surface area (Å²) in [7, 11) is 0. The minimum Gasteiger partial charge on any atom is -0.348 e. The molecule has 0 bridgehead atoms. The van der Waals surface area contributed by atoms with Crippen molar-refractivity contribution < 1.29 is 9.18 Å². The van der Waals surface area contributed by atoms with E-state index < -0.39 is 0 Å². The van der Waals surface area contributed by atoms with Crippen molar-refractivity contribution >= 4 is 5.91 Å². The quantitative estimate of drug-likeness (QED) is 0.889. The number of amides is 1. The maximum absolute atomic E-state index is 13.1. The normalized spacial score (nSPS) is 18.4. The van der Waals surface area contributed by atoms with Crippen LogP contribution in [0.4, 0.5) is 4.39 Å². The summed E-state index contributed by atoms with van der Waals surface area (Å²) in [5.74, 6) is -0.252. The fraction of sp³-hybridized carbons (Fsp3) is 0.562. The van der Waals surface area contributed by atoms with Gasteiger partial charge in [0.2, 0.25) is 5.91 Å². The van der Waals surface area contributed by atoms with Crippen LogP contribution >= 0.6 is 0 Å². The van der Waals surface area contributed by atoms with Gasteiger partial charge in [-0.05, 0) is 36.0 Å². The maximum atomic E-state index is 13.1. The maximum Gasteiger partial charge on any atom is 0.227 e. The van der Waals surface area contributed by atoms with Crippen molar-refractivity contribution in [3.05, 3.63) is 35.6 Å². The van der Waals surface area contributed by atoms with E-state index in [0.29, 0.717) is 6.54 Å². The van der Waals surface area contributed by atoms with Crippen molar-refractivity contribution in [1.29, 1.82) is 0 Å². The predicted molar refractivity (Wildman–Crippen MR) is 77.5 cm³/mol. The van der Waals surface area contributed by atoms with Gasteiger partial charge in [-0.2, -0.15) is 0 Å². The summed E-state index contributed by atoms with van der Waals surface area (Å²) in [5, 5.41) is 3.11. The van der Waals surface area contributed by atoms with Gasteiger partial charge in [0.15, 0.2) is 0 Å². The Bertz CT molecular complexity index is 486. The number of halogens is 1. The number of nitrogens with two attached hydrogens (primary N) is 1. The van der Waals surface area contributed by atoms with E-state index in [2.05, 4.69) is 26.1 Å². The molecule has 0 spiro atoms. The van der Waals surface area contributed by atoms with E-state index in [4.69, 9.17) is 5.73 Å². The van der Waals surface area contributed by atoms with E-state index in [-0.39, 0.29) is 28.6 Å². The van der Waals surface area contributed by atoms with E-state index in [1.54, 1.807) is 12.1 Å². The lowest BCUT2D eigenvalue weighted by Crippen LogP contribution is -2.42. The lowest BCUT2D eigenvalue weighted by molar-refractivity contribution is -0.127. The van der Waals surface area contributed by atoms with Gasteiger partial charge < -0.3 is 11.1 Å². The van der Waals surface area contributed by atoms with Gasteiger partial charge in [0.25, 0.3) is 0 Å². The fourth-order valence-corrected chi connectivity index (χ4v) is 2.41. The van der Waals surface area contributed by atoms with Crippen molar-refractivity contribution in [3.8, 4) is 0 Å². The molecule has 1 amide bonds. The van der Waals surface area contributed by atoms with Crippen LogP contribution in [0, 0.1) is 16.6 Å². The zero-order valence-corrected chi connectivity index (χ0v) is 12.4. The summed E-state index contributed by atoms with van der Waals surface area (Å²) < 4.78 is 13.1. The molecule has 1 atom stereocenters. The Balaban J connectivity index is 2.21. The number of nitrogens with one attached hydrogen (secondary N) is 1. The molecule has 20 heavy (non-hydrogen) atoms. The summed E-state index contributed by atoms with van der Waals surface area (Å²) in [5.41, 5.74) is 6.09. The molecule has 110 valence electrons. The molecule has 4 heteroatoms. The second-order valence-electron chi connectivity index (χ2n) is 6.81. The highest BCUT2D eigenvalue weighted by Gasteiger charge is 2.49. The molecule has 1 aromatic rings. The number of carbonyl (C=O) groups is 1. The Hall–Kier alpha value is -1.42. The molecule has 2 rings (SSSR count). The highest BCUT2D eigenvalue weighted by atomic mass is 19.1. The van der Waals surface area contributed by atoms with E-state index in [9.17, 15) is 9.18 Å². The topological polar surface area (TPSA) is 55.1 Å². The lowest BCUT2D eigenvalue weighted by atomic mass is 9.82. The highest BCUT2D eigenvalue weighted by Crippen LogP contribution is 2.46. The van der Waals surface area contributed by atoms with Crippen LogP contribution in [0.25, 0.3) is 0 Å². The highest BCUT2D eigenvalue weighted by molar-refractivity contribution is 5.86. The molecule has 3 nitrogen and oxygen atoms in total. The number of hydrogen-bond donors (Lipinski definition) is 2. The van der Waals surface area contributed by atoms with Crippen molar-refractivity contribution in [2.45, 2.75) is 39.7 Å². The Morgan fingerprint density at radius 3 is 2.30 bits per heavy atom. The smallest absolute Gasteiger partial charge is 0.227 e. The van der Waals surface area contributed by atoms with Crippen LogP contribution in [-0.4, -0.2) is 12.5 Å². The molecule has 0 aromatic heterocycles. The van der Waals surface area contributed by atoms with Crippen LogP contribution < -0.4 is 11.1 Å². The summed E-state index contributed by atoms with van der Waals surface area (Å²) >= 11 is 0. The second kappa shape index (κ2) is 5.17. The average Bonchev–Trinajstić information content (AvgIpc) is 3.16. The predicted octanol–water partition coefficient (Wildman–Crippen LogP) is 2.77. The zero-order valence-electron chi connectivity index (χ0n) is 12.4. The molecular formula is C16H23FN2O. The largest absolute Gasteiger partial charge is 0.348 e. The third-order valence-corrected chi connectivity index (χ3v) is 4.07.